The minimum atomic E-state index is -0.105. The molecule has 1 aromatic carbocycles. The van der Waals surface area contributed by atoms with E-state index in [-0.39, 0.29) is 5.91 Å². The molecule has 0 spiro atoms. The predicted octanol–water partition coefficient (Wildman–Crippen LogP) is 2.03. The van der Waals surface area contributed by atoms with Gasteiger partial charge in [-0.25, -0.2) is 9.66 Å². The number of carbonyl (C=O) groups is 1. The van der Waals surface area contributed by atoms with Gasteiger partial charge in [0.15, 0.2) is 17.1 Å². The van der Waals surface area contributed by atoms with Gasteiger partial charge in [0.2, 0.25) is 0 Å². The number of nitrogens with one attached hydrogen (secondary N) is 1. The zero-order valence-corrected chi connectivity index (χ0v) is 16.1. The lowest BCUT2D eigenvalue weighted by Gasteiger charge is -2.29. The summed E-state index contributed by atoms with van der Waals surface area (Å²) in [6, 6.07) is 9.33. The summed E-state index contributed by atoms with van der Waals surface area (Å²) in [5.41, 5.74) is 5.44. The fourth-order valence-corrected chi connectivity index (χ4v) is 3.69. The number of hydrogen-bond acceptors (Lipinski definition) is 7. The van der Waals surface area contributed by atoms with Crippen LogP contribution in [0.4, 0.5) is 5.69 Å². The van der Waals surface area contributed by atoms with Crippen molar-refractivity contribution in [1.29, 1.82) is 5.26 Å². The fourth-order valence-electron chi connectivity index (χ4n) is 3.69. The van der Waals surface area contributed by atoms with Crippen LogP contribution in [0.1, 0.15) is 15.9 Å². The molecule has 152 valence electrons. The number of benzene rings is 1. The van der Waals surface area contributed by atoms with Crippen LogP contribution in [0, 0.1) is 11.3 Å². The lowest BCUT2D eigenvalue weighted by Crippen LogP contribution is -2.41. The highest BCUT2D eigenvalue weighted by molar-refractivity contribution is 5.99. The lowest BCUT2D eigenvalue weighted by atomic mass is 10.1. The van der Waals surface area contributed by atoms with Crippen LogP contribution in [0.15, 0.2) is 36.7 Å². The molecular weight excluding hydrogens is 386 g/mol. The van der Waals surface area contributed by atoms with Gasteiger partial charge in [-0.2, -0.15) is 5.26 Å². The Morgan fingerprint density at radius 2 is 1.90 bits per heavy atom. The van der Waals surface area contributed by atoms with E-state index in [1.165, 1.54) is 0 Å². The van der Waals surface area contributed by atoms with Gasteiger partial charge < -0.3 is 19.1 Å². The maximum Gasteiger partial charge on any atom is 0.257 e. The number of anilines is 1. The highest BCUT2D eigenvalue weighted by Gasteiger charge is 2.28. The number of carbonyl (C=O) groups excluding carboxylic acids is 1. The minimum absolute atomic E-state index is 0.105. The normalized spacial score (nSPS) is 15.6. The summed E-state index contributed by atoms with van der Waals surface area (Å²) >= 11 is 0. The van der Waals surface area contributed by atoms with Crippen LogP contribution in [0.5, 0.6) is 11.5 Å². The first-order valence-corrected chi connectivity index (χ1v) is 9.69. The van der Waals surface area contributed by atoms with Crippen molar-refractivity contribution < 1.29 is 19.0 Å². The number of nitrogens with zero attached hydrogens (tertiary/aromatic N) is 4. The van der Waals surface area contributed by atoms with Crippen LogP contribution >= 0.6 is 0 Å². The third-order valence-corrected chi connectivity index (χ3v) is 5.14. The van der Waals surface area contributed by atoms with Gasteiger partial charge in [0.25, 0.3) is 5.91 Å². The molecule has 0 unspecified atom stereocenters. The number of aromatic nitrogens is 2. The number of pyridine rings is 1. The summed E-state index contributed by atoms with van der Waals surface area (Å²) in [4.78, 5) is 19.1. The summed E-state index contributed by atoms with van der Waals surface area (Å²) in [5, 5.41) is 10.2. The van der Waals surface area contributed by atoms with Gasteiger partial charge in [-0.1, -0.05) is 0 Å². The summed E-state index contributed by atoms with van der Waals surface area (Å²) in [6.07, 6.45) is 3.35. The molecule has 2 aliphatic heterocycles. The van der Waals surface area contributed by atoms with Crippen LogP contribution < -0.4 is 14.9 Å². The van der Waals surface area contributed by atoms with E-state index in [2.05, 4.69) is 16.5 Å². The van der Waals surface area contributed by atoms with Crippen molar-refractivity contribution in [3.8, 4) is 17.6 Å². The Labute approximate surface area is 172 Å². The first kappa shape index (κ1) is 18.3. The molecule has 1 amide bonds. The summed E-state index contributed by atoms with van der Waals surface area (Å²) in [6.45, 7) is 2.90. The maximum absolute atomic E-state index is 13.0. The molecule has 0 atom stereocenters. The Balaban J connectivity index is 1.53. The highest BCUT2D eigenvalue weighted by atomic mass is 16.6. The summed E-state index contributed by atoms with van der Waals surface area (Å²) < 4.78 is 18.7. The molecule has 1 fully saturated rings. The van der Waals surface area contributed by atoms with E-state index in [1.54, 1.807) is 40.2 Å². The average Bonchev–Trinajstić information content (AvgIpc) is 3.17. The zero-order valence-electron chi connectivity index (χ0n) is 16.1. The van der Waals surface area contributed by atoms with Crippen LogP contribution in [-0.4, -0.2) is 60.0 Å². The third-order valence-electron chi connectivity index (χ3n) is 5.14. The average molecular weight is 405 g/mol. The second-order valence-corrected chi connectivity index (χ2v) is 6.93. The predicted molar refractivity (Wildman–Crippen MR) is 108 cm³/mol. The van der Waals surface area contributed by atoms with Crippen molar-refractivity contribution in [3.63, 3.8) is 0 Å². The van der Waals surface area contributed by atoms with Crippen molar-refractivity contribution in [3.05, 3.63) is 47.8 Å². The molecule has 0 bridgehead atoms. The number of nitriles is 1. The van der Waals surface area contributed by atoms with Crippen LogP contribution in [-0.2, 0) is 4.74 Å². The molecule has 30 heavy (non-hydrogen) atoms. The smallest absolute Gasteiger partial charge is 0.257 e. The maximum atomic E-state index is 13.0. The molecule has 9 heteroatoms. The monoisotopic (exact) mass is 405 g/mol. The molecule has 0 saturated carbocycles. The van der Waals surface area contributed by atoms with E-state index < -0.39 is 0 Å². The van der Waals surface area contributed by atoms with E-state index >= 15 is 0 Å². The molecule has 3 aromatic rings. The molecule has 9 nitrogen and oxygen atoms in total. The SMILES string of the molecule is N#Cc1cn(Nc2ccc(C(=O)N3CCOCC3)c3c2OCCO3)c2ncccc12. The number of hydrogen-bond donors (Lipinski definition) is 1. The Kier molecular flexibility index (Phi) is 4.61. The van der Waals surface area contributed by atoms with E-state index in [9.17, 15) is 10.1 Å². The topological polar surface area (TPSA) is 102 Å². The molecular formula is C21H19N5O4. The van der Waals surface area contributed by atoms with Crippen molar-refractivity contribution in [1.82, 2.24) is 14.6 Å². The van der Waals surface area contributed by atoms with Gasteiger partial charge in [0, 0.05) is 30.9 Å². The number of ether oxygens (including phenoxy) is 3. The highest BCUT2D eigenvalue weighted by Crippen LogP contribution is 2.41. The van der Waals surface area contributed by atoms with Gasteiger partial charge in [-0.05, 0) is 24.3 Å². The molecule has 0 radical (unpaired) electrons. The Morgan fingerprint density at radius 3 is 2.70 bits per heavy atom. The molecule has 2 aliphatic rings. The second kappa shape index (κ2) is 7.57. The van der Waals surface area contributed by atoms with Gasteiger partial charge in [-0.3, -0.25) is 10.2 Å². The van der Waals surface area contributed by atoms with Crippen LogP contribution in [0.25, 0.3) is 11.0 Å². The molecule has 4 heterocycles. The number of morpholine rings is 1. The van der Waals surface area contributed by atoms with Crippen molar-refractivity contribution in [2.45, 2.75) is 0 Å². The van der Waals surface area contributed by atoms with E-state index in [0.29, 0.717) is 73.5 Å². The van der Waals surface area contributed by atoms with Gasteiger partial charge in [0.1, 0.15) is 25.0 Å². The molecule has 2 aromatic heterocycles. The van der Waals surface area contributed by atoms with Crippen molar-refractivity contribution >= 4 is 22.6 Å². The van der Waals surface area contributed by atoms with Gasteiger partial charge in [-0.15, -0.1) is 0 Å². The number of fused-ring (bicyclic) bond motifs is 2. The van der Waals surface area contributed by atoms with Crippen molar-refractivity contribution in [2.24, 2.45) is 0 Å². The Hall–Kier alpha value is -3.77. The standard InChI is InChI=1S/C21H19N5O4/c22-12-14-13-26(20-15(14)2-1-5-23-20)24-17-4-3-16(18-19(17)30-11-10-29-18)21(27)25-6-8-28-9-7-25/h1-5,13,24H,6-11H2. The van der Waals surface area contributed by atoms with E-state index in [4.69, 9.17) is 14.2 Å². The van der Waals surface area contributed by atoms with Gasteiger partial charge >= 0.3 is 0 Å². The van der Waals surface area contributed by atoms with E-state index in [1.807, 2.05) is 6.07 Å². The van der Waals surface area contributed by atoms with Crippen molar-refractivity contribution in [2.75, 3.05) is 44.9 Å². The zero-order chi connectivity index (χ0) is 20.5. The lowest BCUT2D eigenvalue weighted by molar-refractivity contribution is 0.0298. The third kappa shape index (κ3) is 3.07. The molecule has 0 aliphatic carbocycles. The summed E-state index contributed by atoms with van der Waals surface area (Å²) in [7, 11) is 0. The van der Waals surface area contributed by atoms with Crippen LogP contribution in [0.3, 0.4) is 0 Å². The fraction of sp³-hybridized carbons (Fsp3) is 0.286. The van der Waals surface area contributed by atoms with Crippen LogP contribution in [0.2, 0.25) is 0 Å². The first-order valence-electron chi connectivity index (χ1n) is 9.69. The first-order chi connectivity index (χ1) is 14.8. The molecule has 5 rings (SSSR count). The number of rotatable bonds is 3. The Morgan fingerprint density at radius 1 is 1.10 bits per heavy atom. The quantitative estimate of drug-likeness (QED) is 0.711. The van der Waals surface area contributed by atoms with Gasteiger partial charge in [0.05, 0.1) is 24.3 Å². The van der Waals surface area contributed by atoms with E-state index in [0.717, 1.165) is 5.39 Å². The molecule has 1 N–H and O–H groups in total. The second-order valence-electron chi connectivity index (χ2n) is 6.93. The largest absolute Gasteiger partial charge is 0.485 e. The Bertz CT molecular complexity index is 1160. The minimum Gasteiger partial charge on any atom is -0.485 e. The molecule has 1 saturated heterocycles. The summed E-state index contributed by atoms with van der Waals surface area (Å²) in [5.74, 6) is 0.788. The number of amides is 1.